The minimum absolute atomic E-state index is 0.102. The number of nitrogens with zero attached hydrogens (tertiary/aromatic N) is 1. The molecule has 0 heterocycles. The smallest absolute Gasteiger partial charge is 0.153 e. The Bertz CT molecular complexity index is 659. The van der Waals surface area contributed by atoms with Crippen molar-refractivity contribution in [3.63, 3.8) is 0 Å². The van der Waals surface area contributed by atoms with Gasteiger partial charge in [0.2, 0.25) is 0 Å². The molecule has 2 rings (SSSR count). The highest BCUT2D eigenvalue weighted by atomic mass is 19.1. The normalized spacial score (nSPS) is 9.83. The fourth-order valence-electron chi connectivity index (χ4n) is 1.63. The molecule has 0 atom stereocenters. The lowest BCUT2D eigenvalue weighted by atomic mass is 10.0. The Kier molecular flexibility index (Phi) is 3.16. The Labute approximate surface area is 102 Å². The predicted molar refractivity (Wildman–Crippen MR) is 61.9 cm³/mol. The van der Waals surface area contributed by atoms with E-state index in [0.717, 1.165) is 12.1 Å². The third kappa shape index (κ3) is 2.25. The molecule has 0 N–H and O–H groups in total. The van der Waals surface area contributed by atoms with Crippen molar-refractivity contribution in [2.45, 2.75) is 0 Å². The summed E-state index contributed by atoms with van der Waals surface area (Å²) in [7, 11) is 0. The van der Waals surface area contributed by atoms with Gasteiger partial charge in [0.1, 0.15) is 11.6 Å². The van der Waals surface area contributed by atoms with E-state index in [9.17, 15) is 13.6 Å². The summed E-state index contributed by atoms with van der Waals surface area (Å²) in [5.41, 5.74) is 0.974. The Morgan fingerprint density at radius 1 is 1.06 bits per heavy atom. The molecule has 0 aliphatic rings. The summed E-state index contributed by atoms with van der Waals surface area (Å²) in [6, 6.07) is 9.52. The van der Waals surface area contributed by atoms with Crippen LogP contribution in [0, 0.1) is 23.0 Å². The number of carbonyl (C=O) groups excluding carboxylic acids is 1. The standard InChI is InChI=1S/C14H7F2NO/c15-13-4-9(7-17)3-11(6-13)10-1-2-14(16)12(5-10)8-18/h1-6,8H. The number of carbonyl (C=O) groups is 1. The molecular formula is C14H7F2NO. The van der Waals surface area contributed by atoms with Crippen molar-refractivity contribution in [3.8, 4) is 17.2 Å². The molecule has 4 heteroatoms. The monoisotopic (exact) mass is 243 g/mol. The summed E-state index contributed by atoms with van der Waals surface area (Å²) in [5, 5.41) is 8.75. The third-order valence-corrected chi connectivity index (χ3v) is 2.48. The van der Waals surface area contributed by atoms with E-state index in [2.05, 4.69) is 0 Å². The molecule has 0 fully saturated rings. The summed E-state index contributed by atoms with van der Waals surface area (Å²) in [6.07, 6.45) is 0.392. The zero-order chi connectivity index (χ0) is 13.1. The largest absolute Gasteiger partial charge is 0.298 e. The first-order valence-corrected chi connectivity index (χ1v) is 5.10. The summed E-state index contributed by atoms with van der Waals surface area (Å²) in [4.78, 5) is 10.6. The lowest BCUT2D eigenvalue weighted by Crippen LogP contribution is -1.90. The lowest BCUT2D eigenvalue weighted by molar-refractivity contribution is 0.112. The van der Waals surface area contributed by atoms with Crippen LogP contribution in [-0.2, 0) is 0 Å². The number of rotatable bonds is 2. The van der Waals surface area contributed by atoms with Crippen molar-refractivity contribution < 1.29 is 13.6 Å². The van der Waals surface area contributed by atoms with E-state index in [1.165, 1.54) is 24.3 Å². The quantitative estimate of drug-likeness (QED) is 0.759. The molecule has 2 aromatic rings. The zero-order valence-corrected chi connectivity index (χ0v) is 9.15. The SMILES string of the molecule is N#Cc1cc(F)cc(-c2ccc(F)c(C=O)c2)c1. The molecule has 0 spiro atoms. The van der Waals surface area contributed by atoms with Gasteiger partial charge in [-0.05, 0) is 41.5 Å². The Morgan fingerprint density at radius 3 is 2.50 bits per heavy atom. The van der Waals surface area contributed by atoms with E-state index in [-0.39, 0.29) is 11.1 Å². The van der Waals surface area contributed by atoms with Crippen molar-refractivity contribution in [3.05, 3.63) is 59.2 Å². The summed E-state index contributed by atoms with van der Waals surface area (Å²) in [5.74, 6) is -1.19. The van der Waals surface area contributed by atoms with Crippen LogP contribution in [0.4, 0.5) is 8.78 Å². The second-order valence-electron chi connectivity index (χ2n) is 3.69. The minimum Gasteiger partial charge on any atom is -0.298 e. The molecule has 0 radical (unpaired) electrons. The molecule has 0 saturated heterocycles. The molecule has 0 aliphatic carbocycles. The number of nitriles is 1. The molecule has 0 saturated carbocycles. The number of aldehydes is 1. The summed E-state index contributed by atoms with van der Waals surface area (Å²) >= 11 is 0. The van der Waals surface area contributed by atoms with Gasteiger partial charge in [-0.3, -0.25) is 4.79 Å². The average Bonchev–Trinajstić information content (AvgIpc) is 2.38. The van der Waals surface area contributed by atoms with Crippen LogP contribution in [0.3, 0.4) is 0 Å². The van der Waals surface area contributed by atoms with E-state index in [4.69, 9.17) is 5.26 Å². The molecule has 18 heavy (non-hydrogen) atoms. The Hall–Kier alpha value is -2.54. The Balaban J connectivity index is 2.58. The molecule has 0 aliphatic heterocycles. The van der Waals surface area contributed by atoms with Crippen LogP contribution in [0.1, 0.15) is 15.9 Å². The molecule has 2 aromatic carbocycles. The van der Waals surface area contributed by atoms with E-state index in [1.54, 1.807) is 0 Å². The molecule has 0 bridgehead atoms. The second kappa shape index (κ2) is 4.76. The maximum atomic E-state index is 13.3. The van der Waals surface area contributed by atoms with Gasteiger partial charge >= 0.3 is 0 Å². The average molecular weight is 243 g/mol. The van der Waals surface area contributed by atoms with Crippen molar-refractivity contribution in [1.82, 2.24) is 0 Å². The van der Waals surface area contributed by atoms with Crippen LogP contribution in [0.15, 0.2) is 36.4 Å². The van der Waals surface area contributed by atoms with Crippen molar-refractivity contribution in [2.75, 3.05) is 0 Å². The molecule has 0 unspecified atom stereocenters. The number of hydrogen-bond donors (Lipinski definition) is 0. The predicted octanol–water partition coefficient (Wildman–Crippen LogP) is 3.32. The third-order valence-electron chi connectivity index (χ3n) is 2.48. The maximum absolute atomic E-state index is 13.3. The first-order valence-electron chi connectivity index (χ1n) is 5.10. The van der Waals surface area contributed by atoms with Crippen LogP contribution in [0.2, 0.25) is 0 Å². The highest BCUT2D eigenvalue weighted by Crippen LogP contribution is 2.23. The van der Waals surface area contributed by atoms with Gasteiger partial charge in [-0.15, -0.1) is 0 Å². The second-order valence-corrected chi connectivity index (χ2v) is 3.69. The summed E-state index contributed by atoms with van der Waals surface area (Å²) < 4.78 is 26.4. The van der Waals surface area contributed by atoms with Gasteiger partial charge in [-0.25, -0.2) is 8.78 Å². The van der Waals surface area contributed by atoms with E-state index in [0.29, 0.717) is 17.4 Å². The van der Waals surface area contributed by atoms with E-state index >= 15 is 0 Å². The van der Waals surface area contributed by atoms with E-state index < -0.39 is 11.6 Å². The highest BCUT2D eigenvalue weighted by molar-refractivity contribution is 5.79. The van der Waals surface area contributed by atoms with Crippen LogP contribution in [0.5, 0.6) is 0 Å². The van der Waals surface area contributed by atoms with Gasteiger partial charge in [-0.1, -0.05) is 6.07 Å². The molecule has 88 valence electrons. The first kappa shape index (κ1) is 11.9. The van der Waals surface area contributed by atoms with E-state index in [1.807, 2.05) is 6.07 Å². The fraction of sp³-hybridized carbons (Fsp3) is 0. The van der Waals surface area contributed by atoms with Gasteiger partial charge in [0, 0.05) is 0 Å². The number of hydrogen-bond acceptors (Lipinski definition) is 2. The first-order chi connectivity index (χ1) is 8.63. The topological polar surface area (TPSA) is 40.9 Å². The van der Waals surface area contributed by atoms with Crippen LogP contribution < -0.4 is 0 Å². The van der Waals surface area contributed by atoms with Crippen LogP contribution >= 0.6 is 0 Å². The van der Waals surface area contributed by atoms with Crippen LogP contribution in [-0.4, -0.2) is 6.29 Å². The van der Waals surface area contributed by atoms with Gasteiger partial charge in [0.05, 0.1) is 17.2 Å². The molecule has 0 amide bonds. The minimum atomic E-state index is -0.634. The Morgan fingerprint density at radius 2 is 1.83 bits per heavy atom. The number of benzene rings is 2. The van der Waals surface area contributed by atoms with Gasteiger partial charge in [0.15, 0.2) is 6.29 Å². The zero-order valence-electron chi connectivity index (χ0n) is 9.15. The van der Waals surface area contributed by atoms with Crippen LogP contribution in [0.25, 0.3) is 11.1 Å². The van der Waals surface area contributed by atoms with Crippen molar-refractivity contribution in [1.29, 1.82) is 5.26 Å². The fourth-order valence-corrected chi connectivity index (χ4v) is 1.63. The van der Waals surface area contributed by atoms with Crippen molar-refractivity contribution in [2.24, 2.45) is 0 Å². The molecule has 0 aromatic heterocycles. The van der Waals surface area contributed by atoms with Gasteiger partial charge in [0.25, 0.3) is 0 Å². The van der Waals surface area contributed by atoms with Gasteiger partial charge < -0.3 is 0 Å². The molecule has 2 nitrogen and oxygen atoms in total. The maximum Gasteiger partial charge on any atom is 0.153 e. The van der Waals surface area contributed by atoms with Gasteiger partial charge in [-0.2, -0.15) is 5.26 Å². The summed E-state index contributed by atoms with van der Waals surface area (Å²) in [6.45, 7) is 0. The lowest BCUT2D eigenvalue weighted by Gasteiger charge is -2.04. The molecular weight excluding hydrogens is 236 g/mol. The van der Waals surface area contributed by atoms with Crippen molar-refractivity contribution >= 4 is 6.29 Å². The number of halogens is 2. The highest BCUT2D eigenvalue weighted by Gasteiger charge is 2.07.